The normalized spacial score (nSPS) is 16.3. The molecule has 0 bridgehead atoms. The molecular weight excluding hydrogens is 356 g/mol. The fraction of sp³-hybridized carbons (Fsp3) is 0.611. The molecule has 0 radical (unpaired) electrons. The molecule has 0 atom stereocenters. The maximum Gasteiger partial charge on any atom is 0.251 e. The van der Waals surface area contributed by atoms with Gasteiger partial charge in [-0.2, -0.15) is 0 Å². The molecule has 0 aromatic heterocycles. The first-order valence-electron chi connectivity index (χ1n) is 9.00. The Balaban J connectivity index is 1.96. The molecule has 1 N–H and O–H groups in total. The number of ether oxygens (including phenoxy) is 2. The van der Waals surface area contributed by atoms with Crippen molar-refractivity contribution in [1.29, 1.82) is 0 Å². The lowest BCUT2D eigenvalue weighted by Crippen LogP contribution is -2.47. The van der Waals surface area contributed by atoms with Crippen LogP contribution in [0.15, 0.2) is 18.2 Å². The van der Waals surface area contributed by atoms with E-state index in [0.717, 1.165) is 0 Å². The lowest BCUT2D eigenvalue weighted by Gasteiger charge is -2.31. The van der Waals surface area contributed by atoms with Crippen LogP contribution < -0.4 is 14.8 Å². The minimum atomic E-state index is -3.17. The number of rotatable bonds is 8. The van der Waals surface area contributed by atoms with Crippen molar-refractivity contribution >= 4 is 15.9 Å². The van der Waals surface area contributed by atoms with Crippen molar-refractivity contribution in [2.24, 2.45) is 0 Å². The van der Waals surface area contributed by atoms with E-state index < -0.39 is 10.0 Å². The summed E-state index contributed by atoms with van der Waals surface area (Å²) in [7, 11) is -1.61. The van der Waals surface area contributed by atoms with Gasteiger partial charge in [-0.3, -0.25) is 4.79 Å². The molecule has 0 spiro atoms. The van der Waals surface area contributed by atoms with Gasteiger partial charge in [0.2, 0.25) is 10.0 Å². The topological polar surface area (TPSA) is 84.9 Å². The van der Waals surface area contributed by atoms with Crippen molar-refractivity contribution in [3.05, 3.63) is 23.8 Å². The number of nitrogens with zero attached hydrogens (tertiary/aromatic N) is 1. The summed E-state index contributed by atoms with van der Waals surface area (Å²) in [6.45, 7) is 5.09. The second-order valence-corrected chi connectivity index (χ2v) is 8.35. The third-order valence-corrected chi connectivity index (χ3v) is 6.45. The molecule has 1 fully saturated rings. The highest BCUT2D eigenvalue weighted by Crippen LogP contribution is 2.28. The van der Waals surface area contributed by atoms with Gasteiger partial charge in [0.25, 0.3) is 5.91 Å². The number of piperidine rings is 1. The SMILES string of the molecule is CCCS(=O)(=O)N1CCC(NC(=O)c2ccc(OC)c(OCC)c2)CC1. The Kier molecular flexibility index (Phi) is 7.28. The summed E-state index contributed by atoms with van der Waals surface area (Å²) in [5.41, 5.74) is 0.496. The predicted molar refractivity (Wildman–Crippen MR) is 100 cm³/mol. The molecule has 146 valence electrons. The van der Waals surface area contributed by atoms with Gasteiger partial charge in [0.05, 0.1) is 19.5 Å². The summed E-state index contributed by atoms with van der Waals surface area (Å²) in [4.78, 5) is 12.5. The second kappa shape index (κ2) is 9.23. The van der Waals surface area contributed by atoms with Crippen LogP contribution in [0, 0.1) is 0 Å². The molecule has 1 saturated heterocycles. The zero-order chi connectivity index (χ0) is 19.2. The largest absolute Gasteiger partial charge is 0.493 e. The number of hydrogen-bond donors (Lipinski definition) is 1. The minimum Gasteiger partial charge on any atom is -0.493 e. The van der Waals surface area contributed by atoms with Crippen LogP contribution in [0.5, 0.6) is 11.5 Å². The first-order chi connectivity index (χ1) is 12.4. The van der Waals surface area contributed by atoms with E-state index in [4.69, 9.17) is 9.47 Å². The van der Waals surface area contributed by atoms with E-state index >= 15 is 0 Å². The van der Waals surface area contributed by atoms with Crippen molar-refractivity contribution in [3.63, 3.8) is 0 Å². The first-order valence-corrected chi connectivity index (χ1v) is 10.6. The minimum absolute atomic E-state index is 0.0341. The van der Waals surface area contributed by atoms with E-state index in [0.29, 0.717) is 56.0 Å². The molecule has 1 aliphatic rings. The maximum atomic E-state index is 12.5. The maximum absolute atomic E-state index is 12.5. The fourth-order valence-corrected chi connectivity index (χ4v) is 4.56. The zero-order valence-corrected chi connectivity index (χ0v) is 16.5. The molecule has 0 aliphatic carbocycles. The van der Waals surface area contributed by atoms with Crippen molar-refractivity contribution < 1.29 is 22.7 Å². The van der Waals surface area contributed by atoms with E-state index in [1.54, 1.807) is 25.3 Å². The smallest absolute Gasteiger partial charge is 0.251 e. The van der Waals surface area contributed by atoms with Crippen molar-refractivity contribution in [3.8, 4) is 11.5 Å². The molecule has 8 heteroatoms. The molecule has 1 aromatic carbocycles. The molecule has 1 heterocycles. The number of sulfonamides is 1. The molecule has 1 aromatic rings. The van der Waals surface area contributed by atoms with Crippen LogP contribution in [0.4, 0.5) is 0 Å². The molecule has 0 saturated carbocycles. The Bertz CT molecular complexity index is 712. The highest BCUT2D eigenvalue weighted by atomic mass is 32.2. The zero-order valence-electron chi connectivity index (χ0n) is 15.7. The fourth-order valence-electron chi connectivity index (χ4n) is 3.02. The summed E-state index contributed by atoms with van der Waals surface area (Å²) in [6.07, 6.45) is 1.84. The van der Waals surface area contributed by atoms with Crippen LogP contribution in [0.3, 0.4) is 0 Å². The Labute approximate surface area is 155 Å². The number of benzene rings is 1. The van der Waals surface area contributed by atoms with Crippen LogP contribution in [0.1, 0.15) is 43.5 Å². The van der Waals surface area contributed by atoms with Crippen molar-refractivity contribution in [2.75, 3.05) is 32.6 Å². The molecule has 2 rings (SSSR count). The summed E-state index contributed by atoms with van der Waals surface area (Å²) in [5.74, 6) is 1.10. The molecule has 0 unspecified atom stereocenters. The molecular formula is C18H28N2O5S. The second-order valence-electron chi connectivity index (χ2n) is 6.26. The lowest BCUT2D eigenvalue weighted by atomic mass is 10.1. The Hall–Kier alpha value is -1.80. The summed E-state index contributed by atoms with van der Waals surface area (Å²) in [5, 5.41) is 2.99. The first kappa shape index (κ1) is 20.5. The third-order valence-electron chi connectivity index (χ3n) is 4.37. The highest BCUT2D eigenvalue weighted by Gasteiger charge is 2.28. The van der Waals surface area contributed by atoms with Crippen molar-refractivity contribution in [2.45, 2.75) is 39.2 Å². The van der Waals surface area contributed by atoms with Gasteiger partial charge in [-0.1, -0.05) is 6.92 Å². The van der Waals surface area contributed by atoms with Crippen molar-refractivity contribution in [1.82, 2.24) is 9.62 Å². The summed E-state index contributed by atoms with van der Waals surface area (Å²) >= 11 is 0. The lowest BCUT2D eigenvalue weighted by molar-refractivity contribution is 0.0923. The number of carbonyl (C=O) groups excluding carboxylic acids is 1. The number of hydrogen-bond acceptors (Lipinski definition) is 5. The summed E-state index contributed by atoms with van der Waals surface area (Å²) in [6, 6.07) is 5.03. The van der Waals surface area contributed by atoms with Gasteiger partial charge in [-0.15, -0.1) is 0 Å². The van der Waals surface area contributed by atoms with Gasteiger partial charge < -0.3 is 14.8 Å². The monoisotopic (exact) mass is 384 g/mol. The number of nitrogens with one attached hydrogen (secondary N) is 1. The average molecular weight is 384 g/mol. The Morgan fingerprint density at radius 1 is 1.23 bits per heavy atom. The molecule has 26 heavy (non-hydrogen) atoms. The Morgan fingerprint density at radius 2 is 1.92 bits per heavy atom. The van der Waals surface area contributed by atoms with E-state index in [2.05, 4.69) is 5.32 Å². The summed E-state index contributed by atoms with van der Waals surface area (Å²) < 4.78 is 36.5. The predicted octanol–water partition coefficient (Wildman–Crippen LogP) is 2.03. The van der Waals surface area contributed by atoms with E-state index in [1.807, 2.05) is 13.8 Å². The van der Waals surface area contributed by atoms with Crippen LogP contribution in [0.2, 0.25) is 0 Å². The van der Waals surface area contributed by atoms with Gasteiger partial charge in [-0.25, -0.2) is 12.7 Å². The van der Waals surface area contributed by atoms with Crippen LogP contribution in [-0.4, -0.2) is 57.2 Å². The third kappa shape index (κ3) is 5.11. The van der Waals surface area contributed by atoms with E-state index in [-0.39, 0.29) is 17.7 Å². The number of methoxy groups -OCH3 is 1. The van der Waals surface area contributed by atoms with Crippen LogP contribution in [-0.2, 0) is 10.0 Å². The molecule has 1 amide bonds. The quantitative estimate of drug-likeness (QED) is 0.741. The van der Waals surface area contributed by atoms with Gasteiger partial charge >= 0.3 is 0 Å². The highest BCUT2D eigenvalue weighted by molar-refractivity contribution is 7.89. The van der Waals surface area contributed by atoms with Gasteiger partial charge in [-0.05, 0) is 44.4 Å². The number of carbonyl (C=O) groups is 1. The standard InChI is InChI=1S/C18H28N2O5S/c1-4-12-26(22,23)20-10-8-15(9-11-20)19-18(21)14-6-7-16(24-3)17(13-14)25-5-2/h6-7,13,15H,4-5,8-12H2,1-3H3,(H,19,21). The number of amides is 1. The van der Waals surface area contributed by atoms with Crippen LogP contribution in [0.25, 0.3) is 0 Å². The molecule has 7 nitrogen and oxygen atoms in total. The van der Waals surface area contributed by atoms with Gasteiger partial charge in [0, 0.05) is 24.7 Å². The average Bonchev–Trinajstić information content (AvgIpc) is 2.62. The van der Waals surface area contributed by atoms with E-state index in [9.17, 15) is 13.2 Å². The van der Waals surface area contributed by atoms with Gasteiger partial charge in [0.1, 0.15) is 0 Å². The Morgan fingerprint density at radius 3 is 2.50 bits per heavy atom. The van der Waals surface area contributed by atoms with E-state index in [1.165, 1.54) is 4.31 Å². The van der Waals surface area contributed by atoms with Crippen LogP contribution >= 0.6 is 0 Å². The molecule has 1 aliphatic heterocycles. The van der Waals surface area contributed by atoms with Gasteiger partial charge in [0.15, 0.2) is 11.5 Å².